The monoisotopic (exact) mass is 328 g/mol. The van der Waals surface area contributed by atoms with E-state index in [1.807, 2.05) is 0 Å². The van der Waals surface area contributed by atoms with Crippen LogP contribution in [-0.4, -0.2) is 28.3 Å². The van der Waals surface area contributed by atoms with Gasteiger partial charge in [-0.05, 0) is 43.2 Å². The molecule has 6 heteroatoms. The van der Waals surface area contributed by atoms with Crippen LogP contribution in [0.3, 0.4) is 0 Å². The smallest absolute Gasteiger partial charge is 0.269 e. The number of hydrogen-bond acceptors (Lipinski definition) is 3. The molecule has 1 saturated carbocycles. The van der Waals surface area contributed by atoms with Crippen molar-refractivity contribution in [2.24, 2.45) is 0 Å². The molecule has 2 aromatic rings. The first-order chi connectivity index (χ1) is 11.7. The third-order valence-electron chi connectivity index (χ3n) is 4.89. The van der Waals surface area contributed by atoms with Gasteiger partial charge in [-0.25, -0.2) is 9.07 Å². The van der Waals surface area contributed by atoms with Gasteiger partial charge in [0.25, 0.3) is 5.91 Å². The van der Waals surface area contributed by atoms with Gasteiger partial charge in [0.1, 0.15) is 17.7 Å². The average Bonchev–Trinajstić information content (AvgIpc) is 3.05. The number of hydrogen-bond donors (Lipinski definition) is 2. The molecule has 1 amide bonds. The molecular weight excluding hydrogens is 307 g/mol. The predicted molar refractivity (Wildman–Crippen MR) is 89.0 cm³/mol. The summed E-state index contributed by atoms with van der Waals surface area (Å²) in [4.78, 5) is 12.2. The normalized spacial score (nSPS) is 21.4. The van der Waals surface area contributed by atoms with Crippen molar-refractivity contribution in [3.8, 4) is 11.3 Å². The van der Waals surface area contributed by atoms with Gasteiger partial charge in [-0.2, -0.15) is 5.10 Å². The van der Waals surface area contributed by atoms with E-state index in [4.69, 9.17) is 0 Å². The van der Waals surface area contributed by atoms with Gasteiger partial charge in [-0.15, -0.1) is 0 Å². The summed E-state index contributed by atoms with van der Waals surface area (Å²) in [5.41, 5.74) is 2.05. The largest absolute Gasteiger partial charge is 0.347 e. The van der Waals surface area contributed by atoms with Crippen LogP contribution in [0.25, 0.3) is 11.3 Å². The number of fused-ring (bicyclic) bond motifs is 1. The van der Waals surface area contributed by atoms with E-state index >= 15 is 0 Å². The summed E-state index contributed by atoms with van der Waals surface area (Å²) < 4.78 is 14.9. The molecule has 24 heavy (non-hydrogen) atoms. The number of aromatic nitrogens is 2. The Balaban J connectivity index is 1.61. The number of halogens is 1. The highest BCUT2D eigenvalue weighted by atomic mass is 19.1. The van der Waals surface area contributed by atoms with Gasteiger partial charge < -0.3 is 5.32 Å². The standard InChI is InChI=1S/C18H21FN4O/c19-13-8-6-12(7-9-13)15-10-16-18(24)20-11-17(23(16)22-15)21-14-4-2-1-3-5-14/h6-10,14,17,21H,1-5,11H2,(H,20,24). The minimum Gasteiger partial charge on any atom is -0.347 e. The molecule has 0 radical (unpaired) electrons. The quantitative estimate of drug-likeness (QED) is 0.911. The van der Waals surface area contributed by atoms with Gasteiger partial charge in [0.2, 0.25) is 0 Å². The Hall–Kier alpha value is -2.21. The zero-order chi connectivity index (χ0) is 16.5. The number of amides is 1. The first-order valence-corrected chi connectivity index (χ1v) is 8.60. The van der Waals surface area contributed by atoms with Gasteiger partial charge in [0.05, 0.1) is 12.2 Å². The number of benzene rings is 1. The van der Waals surface area contributed by atoms with E-state index in [-0.39, 0.29) is 17.9 Å². The van der Waals surface area contributed by atoms with Crippen molar-refractivity contribution in [2.75, 3.05) is 6.54 Å². The average molecular weight is 328 g/mol. The number of carbonyl (C=O) groups excluding carboxylic acids is 1. The highest BCUT2D eigenvalue weighted by Gasteiger charge is 2.29. The van der Waals surface area contributed by atoms with E-state index in [1.54, 1.807) is 22.9 Å². The number of nitrogens with one attached hydrogen (secondary N) is 2. The summed E-state index contributed by atoms with van der Waals surface area (Å²) in [5.74, 6) is -0.394. The molecule has 1 aliphatic heterocycles. The Kier molecular flexibility index (Phi) is 4.06. The molecule has 2 aliphatic rings. The highest BCUT2D eigenvalue weighted by molar-refractivity contribution is 5.94. The minimum atomic E-state index is -0.280. The Morgan fingerprint density at radius 2 is 1.92 bits per heavy atom. The summed E-state index contributed by atoms with van der Waals surface area (Å²) in [6.07, 6.45) is 6.13. The summed E-state index contributed by atoms with van der Waals surface area (Å²) in [6, 6.07) is 8.44. The van der Waals surface area contributed by atoms with Crippen LogP contribution in [0.2, 0.25) is 0 Å². The lowest BCUT2D eigenvalue weighted by atomic mass is 9.95. The molecule has 0 bridgehead atoms. The van der Waals surface area contributed by atoms with E-state index in [9.17, 15) is 9.18 Å². The predicted octanol–water partition coefficient (Wildman–Crippen LogP) is 2.85. The molecule has 2 heterocycles. The van der Waals surface area contributed by atoms with Crippen molar-refractivity contribution in [3.05, 3.63) is 41.8 Å². The molecule has 1 aromatic carbocycles. The fraction of sp³-hybridized carbons (Fsp3) is 0.444. The van der Waals surface area contributed by atoms with E-state index in [0.29, 0.717) is 24.0 Å². The summed E-state index contributed by atoms with van der Waals surface area (Å²) in [5, 5.41) is 11.2. The second kappa shape index (κ2) is 6.36. The van der Waals surface area contributed by atoms with Gasteiger partial charge in [0, 0.05) is 11.6 Å². The minimum absolute atomic E-state index is 0.0324. The van der Waals surface area contributed by atoms with Crippen LogP contribution in [0.4, 0.5) is 4.39 Å². The lowest BCUT2D eigenvalue weighted by molar-refractivity contribution is 0.0893. The Labute approximate surface area is 140 Å². The van der Waals surface area contributed by atoms with Gasteiger partial charge in [0.15, 0.2) is 0 Å². The van der Waals surface area contributed by atoms with E-state index < -0.39 is 0 Å². The van der Waals surface area contributed by atoms with Crippen LogP contribution in [0.5, 0.6) is 0 Å². The van der Waals surface area contributed by atoms with Crippen LogP contribution < -0.4 is 10.6 Å². The van der Waals surface area contributed by atoms with Crippen molar-refractivity contribution in [1.29, 1.82) is 0 Å². The summed E-state index contributed by atoms with van der Waals surface area (Å²) >= 11 is 0. The summed E-state index contributed by atoms with van der Waals surface area (Å²) in [6.45, 7) is 0.535. The maximum Gasteiger partial charge on any atom is 0.269 e. The molecule has 5 nitrogen and oxygen atoms in total. The van der Waals surface area contributed by atoms with Crippen molar-refractivity contribution in [2.45, 2.75) is 44.3 Å². The van der Waals surface area contributed by atoms with Gasteiger partial charge in [-0.1, -0.05) is 19.3 Å². The molecule has 0 spiro atoms. The Morgan fingerprint density at radius 1 is 1.17 bits per heavy atom. The molecule has 1 aromatic heterocycles. The van der Waals surface area contributed by atoms with Crippen molar-refractivity contribution in [3.63, 3.8) is 0 Å². The third kappa shape index (κ3) is 2.94. The fourth-order valence-corrected chi connectivity index (χ4v) is 3.60. The molecule has 1 fully saturated rings. The topological polar surface area (TPSA) is 59.0 Å². The number of rotatable bonds is 3. The molecule has 1 aliphatic carbocycles. The van der Waals surface area contributed by atoms with E-state index in [0.717, 1.165) is 5.56 Å². The highest BCUT2D eigenvalue weighted by Crippen LogP contribution is 2.25. The molecule has 2 N–H and O–H groups in total. The molecule has 0 saturated heterocycles. The summed E-state index contributed by atoms with van der Waals surface area (Å²) in [7, 11) is 0. The number of nitrogens with zero attached hydrogens (tertiary/aromatic N) is 2. The maximum absolute atomic E-state index is 13.1. The maximum atomic E-state index is 13.1. The Morgan fingerprint density at radius 3 is 2.67 bits per heavy atom. The zero-order valence-electron chi connectivity index (χ0n) is 13.5. The first kappa shape index (κ1) is 15.3. The van der Waals surface area contributed by atoms with Crippen molar-refractivity contribution >= 4 is 5.91 Å². The van der Waals surface area contributed by atoms with Gasteiger partial charge in [-0.3, -0.25) is 10.1 Å². The molecular formula is C18H21FN4O. The SMILES string of the molecule is O=C1NCC(NC2CCCCC2)n2nc(-c3ccc(F)cc3)cc21. The molecule has 4 rings (SSSR count). The number of carbonyl (C=O) groups is 1. The van der Waals surface area contributed by atoms with E-state index in [1.165, 1.54) is 44.2 Å². The second-order valence-electron chi connectivity index (χ2n) is 6.59. The first-order valence-electron chi connectivity index (χ1n) is 8.60. The van der Waals surface area contributed by atoms with Crippen molar-refractivity contribution < 1.29 is 9.18 Å². The molecule has 1 unspecified atom stereocenters. The zero-order valence-corrected chi connectivity index (χ0v) is 13.5. The van der Waals surface area contributed by atoms with Crippen LogP contribution >= 0.6 is 0 Å². The van der Waals surface area contributed by atoms with E-state index in [2.05, 4.69) is 15.7 Å². The van der Waals surface area contributed by atoms with Crippen LogP contribution in [0, 0.1) is 5.82 Å². The lowest BCUT2D eigenvalue weighted by Crippen LogP contribution is -2.48. The van der Waals surface area contributed by atoms with Crippen molar-refractivity contribution in [1.82, 2.24) is 20.4 Å². The molecule has 126 valence electrons. The third-order valence-corrected chi connectivity index (χ3v) is 4.89. The lowest BCUT2D eigenvalue weighted by Gasteiger charge is -2.31. The Bertz CT molecular complexity index is 734. The van der Waals surface area contributed by atoms with Crippen LogP contribution in [-0.2, 0) is 0 Å². The second-order valence-corrected chi connectivity index (χ2v) is 6.59. The molecule has 1 atom stereocenters. The van der Waals surface area contributed by atoms with Crippen LogP contribution in [0.15, 0.2) is 30.3 Å². The van der Waals surface area contributed by atoms with Crippen LogP contribution in [0.1, 0.15) is 48.8 Å². The van der Waals surface area contributed by atoms with Gasteiger partial charge >= 0.3 is 0 Å². The fourth-order valence-electron chi connectivity index (χ4n) is 3.60.